The summed E-state index contributed by atoms with van der Waals surface area (Å²) in [5, 5.41) is 34.8. The molecule has 0 aliphatic heterocycles. The van der Waals surface area contributed by atoms with Crippen LogP contribution in [0.2, 0.25) is 0 Å². The van der Waals surface area contributed by atoms with Gasteiger partial charge in [-0.05, 0) is 47.9 Å². The topological polar surface area (TPSA) is 149 Å². The van der Waals surface area contributed by atoms with Crippen molar-refractivity contribution in [3.63, 3.8) is 0 Å². The Kier molecular flexibility index (Phi) is 5.15. The molecule has 138 valence electrons. The minimum absolute atomic E-state index is 0.0463. The molecule has 0 saturated heterocycles. The Morgan fingerprint density at radius 2 is 1.31 bits per heavy atom. The van der Waals surface area contributed by atoms with Gasteiger partial charge >= 0.3 is 23.9 Å². The van der Waals surface area contributed by atoms with Crippen LogP contribution in [0, 0.1) is 5.92 Å². The average Bonchev–Trinajstić information content (AvgIpc) is 2.49. The molecule has 8 heteroatoms. The first-order chi connectivity index (χ1) is 12.1. The summed E-state index contributed by atoms with van der Waals surface area (Å²) >= 11 is 0. The van der Waals surface area contributed by atoms with Gasteiger partial charge in [-0.2, -0.15) is 0 Å². The van der Waals surface area contributed by atoms with Gasteiger partial charge in [0.1, 0.15) is 0 Å². The Balaban J connectivity index is 0.000000197. The molecule has 0 spiro atoms. The number of carboxylic acid groups (broad SMARTS) is 4. The molecule has 3 rings (SSSR count). The molecule has 2 unspecified atom stereocenters. The van der Waals surface area contributed by atoms with Crippen LogP contribution >= 0.6 is 0 Å². The van der Waals surface area contributed by atoms with Crippen molar-refractivity contribution in [3.8, 4) is 0 Å². The van der Waals surface area contributed by atoms with E-state index >= 15 is 0 Å². The molecule has 0 amide bonds. The van der Waals surface area contributed by atoms with Crippen LogP contribution in [-0.4, -0.2) is 44.3 Å². The lowest BCUT2D eigenvalue weighted by Crippen LogP contribution is -2.26. The molecule has 4 N–H and O–H groups in total. The first-order valence-corrected chi connectivity index (χ1v) is 7.88. The zero-order valence-electron chi connectivity index (χ0n) is 14.1. The van der Waals surface area contributed by atoms with E-state index in [1.807, 2.05) is 6.92 Å². The molecular weight excluding hydrogens is 344 g/mol. The highest BCUT2D eigenvalue weighted by Crippen LogP contribution is 2.39. The van der Waals surface area contributed by atoms with E-state index in [2.05, 4.69) is 0 Å². The molecule has 0 saturated carbocycles. The second-order valence-electron chi connectivity index (χ2n) is 6.38. The van der Waals surface area contributed by atoms with Gasteiger partial charge in [-0.1, -0.05) is 13.8 Å². The number of benzene rings is 1. The molecule has 0 heterocycles. The second kappa shape index (κ2) is 6.99. The van der Waals surface area contributed by atoms with Gasteiger partial charge < -0.3 is 20.4 Å². The summed E-state index contributed by atoms with van der Waals surface area (Å²) in [7, 11) is 0. The summed E-state index contributed by atoms with van der Waals surface area (Å²) in [6, 6.07) is 2.75. The van der Waals surface area contributed by atoms with E-state index < -0.39 is 23.9 Å². The number of fused-ring (bicyclic) bond motifs is 1. The predicted molar refractivity (Wildman–Crippen MR) is 88.6 cm³/mol. The van der Waals surface area contributed by atoms with Gasteiger partial charge in [0.2, 0.25) is 0 Å². The molecule has 0 fully saturated rings. The number of aromatic carboxylic acids is 2. The van der Waals surface area contributed by atoms with Gasteiger partial charge in [0.15, 0.2) is 0 Å². The maximum atomic E-state index is 10.9. The van der Waals surface area contributed by atoms with Crippen LogP contribution in [0.3, 0.4) is 0 Å². The van der Waals surface area contributed by atoms with Gasteiger partial charge in [-0.15, -0.1) is 0 Å². The number of aliphatic carboxylic acids is 2. The number of carboxylic acids is 4. The van der Waals surface area contributed by atoms with Crippen molar-refractivity contribution in [1.29, 1.82) is 0 Å². The largest absolute Gasteiger partial charge is 0.478 e. The van der Waals surface area contributed by atoms with Crippen molar-refractivity contribution in [3.05, 3.63) is 45.5 Å². The van der Waals surface area contributed by atoms with Gasteiger partial charge in [0.05, 0.1) is 16.7 Å². The highest BCUT2D eigenvalue weighted by Gasteiger charge is 2.34. The molecule has 8 nitrogen and oxygen atoms in total. The van der Waals surface area contributed by atoms with E-state index in [9.17, 15) is 19.2 Å². The van der Waals surface area contributed by atoms with E-state index in [4.69, 9.17) is 20.4 Å². The molecule has 0 aromatic heterocycles. The van der Waals surface area contributed by atoms with Crippen molar-refractivity contribution in [2.75, 3.05) is 0 Å². The summed E-state index contributed by atoms with van der Waals surface area (Å²) in [4.78, 5) is 42.4. The fraction of sp³-hybridized carbons (Fsp3) is 0.333. The Hall–Kier alpha value is -3.16. The summed E-state index contributed by atoms with van der Waals surface area (Å²) in [5.74, 6) is -4.17. The summed E-state index contributed by atoms with van der Waals surface area (Å²) in [5.41, 5.74) is 1.92. The highest BCUT2D eigenvalue weighted by molar-refractivity contribution is 6.02. The zero-order chi connectivity index (χ0) is 19.8. The Bertz CT molecular complexity index is 849. The molecule has 2 aliphatic carbocycles. The first-order valence-electron chi connectivity index (χ1n) is 7.88. The lowest BCUT2D eigenvalue weighted by molar-refractivity contribution is -0.137. The first kappa shape index (κ1) is 19.2. The van der Waals surface area contributed by atoms with Crippen molar-refractivity contribution < 1.29 is 39.6 Å². The Morgan fingerprint density at radius 3 is 1.65 bits per heavy atom. The quantitative estimate of drug-likeness (QED) is 0.637. The number of hydrogen-bond donors (Lipinski definition) is 4. The lowest BCUT2D eigenvalue weighted by Gasteiger charge is -2.30. The van der Waals surface area contributed by atoms with Crippen LogP contribution in [-0.2, 0) is 16.0 Å². The lowest BCUT2D eigenvalue weighted by atomic mass is 9.73. The van der Waals surface area contributed by atoms with Crippen LogP contribution in [0.4, 0.5) is 0 Å². The molecule has 0 bridgehead atoms. The third-order valence-corrected chi connectivity index (χ3v) is 4.64. The summed E-state index contributed by atoms with van der Waals surface area (Å²) in [6.45, 7) is 3.61. The fourth-order valence-corrected chi connectivity index (χ4v) is 3.34. The Morgan fingerprint density at radius 1 is 0.769 bits per heavy atom. The van der Waals surface area contributed by atoms with Crippen LogP contribution in [0.5, 0.6) is 0 Å². The molecule has 2 aliphatic rings. The summed E-state index contributed by atoms with van der Waals surface area (Å²) in [6.07, 6.45) is 1.02. The number of hydrogen-bond acceptors (Lipinski definition) is 4. The standard InChI is InChI=1S/C11H10O4.C7H8O4/c1-5-4-8-6(10(12)13)2-3-7(9(5)8)11(14)15;1-3-2-4(6(8)9)5(3)7(10)11/h2-3,5H,4H2,1H3,(H,12,13)(H,14,15);3H,2H2,1H3,(H,8,9)(H,10,11). The van der Waals surface area contributed by atoms with E-state index in [0.717, 1.165) is 0 Å². The summed E-state index contributed by atoms with van der Waals surface area (Å²) < 4.78 is 0. The average molecular weight is 362 g/mol. The highest BCUT2D eigenvalue weighted by atomic mass is 16.4. The Labute approximate surface area is 148 Å². The van der Waals surface area contributed by atoms with Crippen LogP contribution in [0.25, 0.3) is 0 Å². The normalized spacial score (nSPS) is 19.9. The van der Waals surface area contributed by atoms with E-state index in [-0.39, 0.29) is 34.1 Å². The van der Waals surface area contributed by atoms with Gasteiger partial charge in [-0.25, -0.2) is 19.2 Å². The van der Waals surface area contributed by atoms with Gasteiger partial charge in [0, 0.05) is 5.57 Å². The SMILES string of the molecule is CC1CC(C(=O)O)=C1C(=O)O.CC1Cc2c(C(=O)O)ccc(C(=O)O)c21. The third-order valence-electron chi connectivity index (χ3n) is 4.64. The van der Waals surface area contributed by atoms with E-state index in [1.54, 1.807) is 6.92 Å². The smallest absolute Gasteiger partial charge is 0.335 e. The predicted octanol–water partition coefficient (Wildman–Crippen LogP) is 2.23. The molecule has 26 heavy (non-hydrogen) atoms. The van der Waals surface area contributed by atoms with Crippen LogP contribution in [0.1, 0.15) is 58.0 Å². The van der Waals surface area contributed by atoms with Gasteiger partial charge in [0.25, 0.3) is 0 Å². The van der Waals surface area contributed by atoms with Crippen molar-refractivity contribution in [1.82, 2.24) is 0 Å². The fourth-order valence-electron chi connectivity index (χ4n) is 3.34. The second-order valence-corrected chi connectivity index (χ2v) is 6.38. The number of rotatable bonds is 4. The van der Waals surface area contributed by atoms with E-state index in [1.165, 1.54) is 12.1 Å². The maximum absolute atomic E-state index is 10.9. The molecule has 1 aromatic carbocycles. The minimum Gasteiger partial charge on any atom is -0.478 e. The van der Waals surface area contributed by atoms with Gasteiger partial charge in [-0.3, -0.25) is 0 Å². The van der Waals surface area contributed by atoms with Crippen molar-refractivity contribution in [2.24, 2.45) is 5.92 Å². The third kappa shape index (κ3) is 3.30. The van der Waals surface area contributed by atoms with E-state index in [0.29, 0.717) is 24.0 Å². The molecule has 1 aromatic rings. The zero-order valence-corrected chi connectivity index (χ0v) is 14.1. The van der Waals surface area contributed by atoms with Crippen molar-refractivity contribution >= 4 is 23.9 Å². The molecule has 0 radical (unpaired) electrons. The molecule has 2 atom stereocenters. The minimum atomic E-state index is -1.11. The van der Waals surface area contributed by atoms with Crippen molar-refractivity contribution in [2.45, 2.75) is 32.6 Å². The maximum Gasteiger partial charge on any atom is 0.335 e. The van der Waals surface area contributed by atoms with Crippen LogP contribution in [0.15, 0.2) is 23.3 Å². The monoisotopic (exact) mass is 362 g/mol. The molecular formula is C18H18O8. The number of carbonyl (C=O) groups is 4. The van der Waals surface area contributed by atoms with Crippen LogP contribution < -0.4 is 0 Å².